The van der Waals surface area contributed by atoms with E-state index in [0.717, 1.165) is 13.1 Å². The van der Waals surface area contributed by atoms with Gasteiger partial charge in [-0.1, -0.05) is 20.8 Å². The smallest absolute Gasteiger partial charge is 0.253 e. The van der Waals surface area contributed by atoms with Crippen molar-refractivity contribution in [3.05, 3.63) is 12.2 Å². The van der Waals surface area contributed by atoms with Crippen LogP contribution in [0, 0.1) is 11.3 Å². The summed E-state index contributed by atoms with van der Waals surface area (Å²) in [6, 6.07) is 0. The molecule has 0 bridgehead atoms. The third-order valence-corrected chi connectivity index (χ3v) is 4.13. The van der Waals surface area contributed by atoms with Gasteiger partial charge >= 0.3 is 0 Å². The number of hydrogen-bond donors (Lipinski definition) is 0. The topological polar surface area (TPSA) is 57.7 Å². The zero-order valence-corrected chi connectivity index (χ0v) is 12.4. The molecular weight excluding hydrogens is 256 g/mol. The van der Waals surface area contributed by atoms with Crippen molar-refractivity contribution in [3.63, 3.8) is 0 Å². The highest BCUT2D eigenvalue weighted by atomic mass is 16.2. The Balaban J connectivity index is 1.67. The van der Waals surface area contributed by atoms with Crippen molar-refractivity contribution in [2.75, 3.05) is 19.6 Å². The van der Waals surface area contributed by atoms with E-state index in [2.05, 4.69) is 20.8 Å². The maximum atomic E-state index is 12.0. The van der Waals surface area contributed by atoms with E-state index in [4.69, 9.17) is 0 Å². The lowest BCUT2D eigenvalue weighted by molar-refractivity contribution is -0.142. The molecule has 1 saturated heterocycles. The lowest BCUT2D eigenvalue weighted by Gasteiger charge is -2.46. The van der Waals surface area contributed by atoms with Crippen LogP contribution in [0.2, 0.25) is 0 Å². The molecule has 0 saturated carbocycles. The van der Waals surface area contributed by atoms with Gasteiger partial charge in [0.05, 0.1) is 0 Å². The van der Waals surface area contributed by atoms with Gasteiger partial charge in [0.2, 0.25) is 5.91 Å². The van der Waals surface area contributed by atoms with Gasteiger partial charge in [-0.2, -0.15) is 0 Å². The van der Waals surface area contributed by atoms with Gasteiger partial charge in [0.25, 0.3) is 11.8 Å². The van der Waals surface area contributed by atoms with Crippen LogP contribution in [-0.4, -0.2) is 47.2 Å². The van der Waals surface area contributed by atoms with Crippen LogP contribution in [0.3, 0.4) is 0 Å². The zero-order chi connectivity index (χ0) is 14.9. The molecule has 3 amide bonds. The first-order valence-electron chi connectivity index (χ1n) is 7.10. The lowest BCUT2D eigenvalue weighted by atomic mass is 9.76. The summed E-state index contributed by atoms with van der Waals surface area (Å²) in [5.41, 5.74) is 0.247. The normalized spacial score (nSPS) is 19.8. The summed E-state index contributed by atoms with van der Waals surface area (Å²) in [4.78, 5) is 37.7. The van der Waals surface area contributed by atoms with Crippen molar-refractivity contribution in [1.82, 2.24) is 9.80 Å². The molecule has 2 rings (SSSR count). The van der Waals surface area contributed by atoms with Crippen LogP contribution in [0.15, 0.2) is 12.2 Å². The standard InChI is InChI=1S/C15H22N2O3/c1-15(2,3)11-9-16(10-11)12(18)5-4-8-17-13(19)6-7-14(17)20/h6-7,11H,4-5,8-10H2,1-3H3. The van der Waals surface area contributed by atoms with Crippen molar-refractivity contribution < 1.29 is 14.4 Å². The van der Waals surface area contributed by atoms with E-state index in [-0.39, 0.29) is 23.1 Å². The minimum Gasteiger partial charge on any atom is -0.342 e. The van der Waals surface area contributed by atoms with Crippen molar-refractivity contribution in [3.8, 4) is 0 Å². The van der Waals surface area contributed by atoms with Gasteiger partial charge in [-0.15, -0.1) is 0 Å². The molecule has 2 heterocycles. The number of imide groups is 1. The van der Waals surface area contributed by atoms with Crippen LogP contribution in [0.4, 0.5) is 0 Å². The summed E-state index contributed by atoms with van der Waals surface area (Å²) in [6.45, 7) is 8.55. The number of rotatable bonds is 4. The van der Waals surface area contributed by atoms with Crippen LogP contribution in [0.25, 0.3) is 0 Å². The minimum atomic E-state index is -0.279. The molecule has 0 atom stereocenters. The Morgan fingerprint density at radius 3 is 2.25 bits per heavy atom. The predicted molar refractivity (Wildman–Crippen MR) is 74.6 cm³/mol. The molecule has 0 spiro atoms. The lowest BCUT2D eigenvalue weighted by Crippen LogP contribution is -2.54. The van der Waals surface area contributed by atoms with Crippen LogP contribution in [-0.2, 0) is 14.4 Å². The molecule has 2 aliphatic rings. The maximum absolute atomic E-state index is 12.0. The third kappa shape index (κ3) is 3.08. The molecule has 2 aliphatic heterocycles. The van der Waals surface area contributed by atoms with Gasteiger partial charge in [-0.25, -0.2) is 0 Å². The average Bonchev–Trinajstić information content (AvgIpc) is 2.56. The summed E-state index contributed by atoms with van der Waals surface area (Å²) in [6.07, 6.45) is 3.48. The molecule has 1 fully saturated rings. The van der Waals surface area contributed by atoms with E-state index >= 15 is 0 Å². The Morgan fingerprint density at radius 2 is 1.75 bits per heavy atom. The van der Waals surface area contributed by atoms with E-state index in [9.17, 15) is 14.4 Å². The Labute approximate surface area is 119 Å². The highest BCUT2D eigenvalue weighted by Gasteiger charge is 2.37. The molecule has 0 aromatic heterocycles. The first kappa shape index (κ1) is 14.8. The van der Waals surface area contributed by atoms with Crippen LogP contribution >= 0.6 is 0 Å². The summed E-state index contributed by atoms with van der Waals surface area (Å²) >= 11 is 0. The summed E-state index contributed by atoms with van der Waals surface area (Å²) in [5.74, 6) is 0.133. The van der Waals surface area contributed by atoms with E-state index < -0.39 is 0 Å². The highest BCUT2D eigenvalue weighted by molar-refractivity contribution is 6.12. The monoisotopic (exact) mass is 278 g/mol. The quantitative estimate of drug-likeness (QED) is 0.726. The molecule has 5 nitrogen and oxygen atoms in total. The number of carbonyl (C=O) groups excluding carboxylic acids is 3. The van der Waals surface area contributed by atoms with Gasteiger partial charge in [0.15, 0.2) is 0 Å². The molecule has 0 aliphatic carbocycles. The highest BCUT2D eigenvalue weighted by Crippen LogP contribution is 2.33. The van der Waals surface area contributed by atoms with Crippen molar-refractivity contribution in [1.29, 1.82) is 0 Å². The van der Waals surface area contributed by atoms with Gasteiger partial charge < -0.3 is 4.90 Å². The SMILES string of the molecule is CC(C)(C)C1CN(C(=O)CCCN2C(=O)C=CC2=O)C1. The molecule has 20 heavy (non-hydrogen) atoms. The molecule has 110 valence electrons. The molecule has 0 radical (unpaired) electrons. The van der Waals surface area contributed by atoms with Gasteiger partial charge in [-0.3, -0.25) is 19.3 Å². The summed E-state index contributed by atoms with van der Waals surface area (Å²) in [5, 5.41) is 0. The molecular formula is C15H22N2O3. The largest absolute Gasteiger partial charge is 0.342 e. The number of likely N-dealkylation sites (tertiary alicyclic amines) is 1. The van der Waals surface area contributed by atoms with Crippen molar-refractivity contribution in [2.24, 2.45) is 11.3 Å². The van der Waals surface area contributed by atoms with Crippen molar-refractivity contribution >= 4 is 17.7 Å². The molecule has 5 heteroatoms. The molecule has 0 unspecified atom stereocenters. The van der Waals surface area contributed by atoms with Crippen LogP contribution in [0.5, 0.6) is 0 Å². The number of nitrogens with zero attached hydrogens (tertiary/aromatic N) is 2. The fraction of sp³-hybridized carbons (Fsp3) is 0.667. The second kappa shape index (κ2) is 5.38. The average molecular weight is 278 g/mol. The Hall–Kier alpha value is -1.65. The minimum absolute atomic E-state index is 0.123. The second-order valence-corrected chi connectivity index (χ2v) is 6.63. The fourth-order valence-electron chi connectivity index (χ4n) is 2.43. The zero-order valence-electron chi connectivity index (χ0n) is 12.4. The number of hydrogen-bond acceptors (Lipinski definition) is 3. The summed E-state index contributed by atoms with van der Waals surface area (Å²) < 4.78 is 0. The second-order valence-electron chi connectivity index (χ2n) is 6.63. The van der Waals surface area contributed by atoms with Gasteiger partial charge in [0, 0.05) is 38.2 Å². The third-order valence-electron chi connectivity index (χ3n) is 4.13. The Bertz CT molecular complexity index is 438. The molecule has 0 N–H and O–H groups in total. The van der Waals surface area contributed by atoms with Crippen LogP contribution in [0.1, 0.15) is 33.6 Å². The van der Waals surface area contributed by atoms with Gasteiger partial charge in [-0.05, 0) is 17.8 Å². The molecule has 0 aromatic rings. The van der Waals surface area contributed by atoms with Crippen molar-refractivity contribution in [2.45, 2.75) is 33.6 Å². The van der Waals surface area contributed by atoms with Crippen LogP contribution < -0.4 is 0 Å². The maximum Gasteiger partial charge on any atom is 0.253 e. The van der Waals surface area contributed by atoms with E-state index in [1.807, 2.05) is 4.90 Å². The predicted octanol–water partition coefficient (Wildman–Crippen LogP) is 1.20. The van der Waals surface area contributed by atoms with Gasteiger partial charge in [0.1, 0.15) is 0 Å². The first-order chi connectivity index (χ1) is 9.29. The summed E-state index contributed by atoms with van der Waals surface area (Å²) in [7, 11) is 0. The van der Waals surface area contributed by atoms with E-state index in [1.165, 1.54) is 17.1 Å². The number of amides is 3. The van der Waals surface area contributed by atoms with E-state index in [1.54, 1.807) is 0 Å². The Morgan fingerprint density at radius 1 is 1.20 bits per heavy atom. The fourth-order valence-corrected chi connectivity index (χ4v) is 2.43. The molecule has 0 aromatic carbocycles. The van der Waals surface area contributed by atoms with E-state index in [0.29, 0.717) is 25.3 Å². The number of carbonyl (C=O) groups is 3. The Kier molecular flexibility index (Phi) is 3.97. The first-order valence-corrected chi connectivity index (χ1v) is 7.10.